The van der Waals surface area contributed by atoms with Crippen LogP contribution in [0.1, 0.15) is 11.1 Å². The SMILES string of the molecule is O=C(O)C(Cc1ccccc1F)Cc1ccc(F)cc1Br. The van der Waals surface area contributed by atoms with E-state index in [1.54, 1.807) is 18.2 Å². The maximum atomic E-state index is 13.6. The summed E-state index contributed by atoms with van der Waals surface area (Å²) >= 11 is 3.22. The Kier molecular flexibility index (Phi) is 5.07. The molecule has 110 valence electrons. The van der Waals surface area contributed by atoms with E-state index in [2.05, 4.69) is 15.9 Å². The van der Waals surface area contributed by atoms with Crippen LogP contribution in [-0.2, 0) is 17.6 Å². The largest absolute Gasteiger partial charge is 0.481 e. The van der Waals surface area contributed by atoms with Crippen LogP contribution in [0.3, 0.4) is 0 Å². The van der Waals surface area contributed by atoms with E-state index in [9.17, 15) is 18.7 Å². The lowest BCUT2D eigenvalue weighted by Crippen LogP contribution is -2.20. The molecule has 0 radical (unpaired) electrons. The van der Waals surface area contributed by atoms with E-state index in [0.29, 0.717) is 15.6 Å². The number of aliphatic carboxylic acids is 1. The summed E-state index contributed by atoms with van der Waals surface area (Å²) in [5.41, 5.74) is 1.04. The molecule has 2 nitrogen and oxygen atoms in total. The number of hydrogen-bond acceptors (Lipinski definition) is 1. The van der Waals surface area contributed by atoms with Gasteiger partial charge in [0.05, 0.1) is 5.92 Å². The van der Waals surface area contributed by atoms with Gasteiger partial charge in [-0.15, -0.1) is 0 Å². The Morgan fingerprint density at radius 3 is 2.38 bits per heavy atom. The maximum Gasteiger partial charge on any atom is 0.307 e. The maximum absolute atomic E-state index is 13.6. The van der Waals surface area contributed by atoms with E-state index in [1.165, 1.54) is 24.3 Å². The molecule has 0 aromatic heterocycles. The summed E-state index contributed by atoms with van der Waals surface area (Å²) in [6, 6.07) is 10.2. The molecule has 0 saturated carbocycles. The zero-order valence-corrected chi connectivity index (χ0v) is 12.6. The van der Waals surface area contributed by atoms with E-state index < -0.39 is 23.5 Å². The van der Waals surface area contributed by atoms with Crippen molar-refractivity contribution in [1.29, 1.82) is 0 Å². The van der Waals surface area contributed by atoms with Gasteiger partial charge in [0, 0.05) is 4.47 Å². The van der Waals surface area contributed by atoms with Crippen molar-refractivity contribution in [3.05, 3.63) is 69.7 Å². The van der Waals surface area contributed by atoms with Crippen molar-refractivity contribution in [2.45, 2.75) is 12.8 Å². The third-order valence-electron chi connectivity index (χ3n) is 3.25. The van der Waals surface area contributed by atoms with Crippen molar-refractivity contribution in [2.24, 2.45) is 5.92 Å². The zero-order valence-electron chi connectivity index (χ0n) is 11.0. The summed E-state index contributed by atoms with van der Waals surface area (Å²) in [6.45, 7) is 0. The molecule has 1 unspecified atom stereocenters. The zero-order chi connectivity index (χ0) is 15.4. The minimum atomic E-state index is -1.01. The first-order valence-corrected chi connectivity index (χ1v) is 7.17. The van der Waals surface area contributed by atoms with Crippen LogP contribution in [0.25, 0.3) is 0 Å². The highest BCUT2D eigenvalue weighted by atomic mass is 79.9. The first kappa shape index (κ1) is 15.6. The minimum Gasteiger partial charge on any atom is -0.481 e. The molecule has 0 fully saturated rings. The van der Waals surface area contributed by atoms with E-state index in [1.807, 2.05) is 0 Å². The first-order valence-electron chi connectivity index (χ1n) is 6.37. The fourth-order valence-electron chi connectivity index (χ4n) is 2.13. The minimum absolute atomic E-state index is 0.0891. The Labute approximate surface area is 129 Å². The predicted molar refractivity (Wildman–Crippen MR) is 79.0 cm³/mol. The Morgan fingerprint density at radius 1 is 1.10 bits per heavy atom. The van der Waals surface area contributed by atoms with Gasteiger partial charge in [0.2, 0.25) is 0 Å². The Balaban J connectivity index is 2.20. The van der Waals surface area contributed by atoms with Crippen LogP contribution in [0, 0.1) is 17.6 Å². The van der Waals surface area contributed by atoms with Crippen molar-refractivity contribution < 1.29 is 18.7 Å². The number of benzene rings is 2. The molecule has 21 heavy (non-hydrogen) atoms. The first-order chi connectivity index (χ1) is 9.97. The molecule has 2 rings (SSSR count). The number of carboxylic acid groups (broad SMARTS) is 1. The van der Waals surface area contributed by atoms with Gasteiger partial charge in [0.15, 0.2) is 0 Å². The second-order valence-corrected chi connectivity index (χ2v) is 5.62. The predicted octanol–water partition coefficient (Wildman–Crippen LogP) is 4.21. The molecule has 2 aromatic carbocycles. The summed E-state index contributed by atoms with van der Waals surface area (Å²) in [4.78, 5) is 11.4. The molecule has 1 atom stereocenters. The average molecular weight is 355 g/mol. The van der Waals surface area contributed by atoms with Crippen molar-refractivity contribution in [1.82, 2.24) is 0 Å². The second-order valence-electron chi connectivity index (χ2n) is 4.77. The summed E-state index contributed by atoms with van der Waals surface area (Å²) in [6.07, 6.45) is 0.288. The van der Waals surface area contributed by atoms with E-state index in [0.717, 1.165) is 0 Å². The fraction of sp³-hybridized carbons (Fsp3) is 0.188. The highest BCUT2D eigenvalue weighted by Gasteiger charge is 2.21. The van der Waals surface area contributed by atoms with Crippen molar-refractivity contribution in [2.75, 3.05) is 0 Å². The van der Waals surface area contributed by atoms with Gasteiger partial charge in [-0.25, -0.2) is 8.78 Å². The molecule has 0 amide bonds. The molecule has 5 heteroatoms. The van der Waals surface area contributed by atoms with Crippen molar-refractivity contribution in [3.8, 4) is 0 Å². The van der Waals surface area contributed by atoms with Gasteiger partial charge in [-0.2, -0.15) is 0 Å². The van der Waals surface area contributed by atoms with Gasteiger partial charge in [0.25, 0.3) is 0 Å². The molecule has 0 spiro atoms. The van der Waals surface area contributed by atoms with Crippen LogP contribution in [0.5, 0.6) is 0 Å². The molecule has 0 heterocycles. The number of carbonyl (C=O) groups is 1. The molecule has 2 aromatic rings. The lowest BCUT2D eigenvalue weighted by molar-refractivity contribution is -0.141. The Morgan fingerprint density at radius 2 is 1.76 bits per heavy atom. The molecule has 1 N–H and O–H groups in total. The molecular weight excluding hydrogens is 342 g/mol. The lowest BCUT2D eigenvalue weighted by atomic mass is 9.92. The standard InChI is InChI=1S/C16H13BrF2O2/c17-14-9-13(18)6-5-10(14)7-12(16(20)21)8-11-3-1-2-4-15(11)19/h1-6,9,12H,7-8H2,(H,20,21). The van der Waals surface area contributed by atoms with Crippen LogP contribution in [0.2, 0.25) is 0 Å². The van der Waals surface area contributed by atoms with Crippen LogP contribution in [0.15, 0.2) is 46.9 Å². The van der Waals surface area contributed by atoms with E-state index in [-0.39, 0.29) is 12.8 Å². The molecule has 0 aliphatic heterocycles. The molecule has 0 aliphatic carbocycles. The third kappa shape index (κ3) is 4.11. The van der Waals surface area contributed by atoms with Gasteiger partial charge in [0.1, 0.15) is 11.6 Å². The van der Waals surface area contributed by atoms with Crippen LogP contribution in [-0.4, -0.2) is 11.1 Å². The van der Waals surface area contributed by atoms with Crippen molar-refractivity contribution in [3.63, 3.8) is 0 Å². The van der Waals surface area contributed by atoms with Crippen LogP contribution in [0.4, 0.5) is 8.78 Å². The van der Waals surface area contributed by atoms with E-state index in [4.69, 9.17) is 0 Å². The highest BCUT2D eigenvalue weighted by molar-refractivity contribution is 9.10. The van der Waals surface area contributed by atoms with E-state index >= 15 is 0 Å². The Bertz CT molecular complexity index is 658. The molecule has 0 aliphatic rings. The number of hydrogen-bond donors (Lipinski definition) is 1. The highest BCUT2D eigenvalue weighted by Crippen LogP contribution is 2.23. The van der Waals surface area contributed by atoms with Crippen LogP contribution < -0.4 is 0 Å². The van der Waals surface area contributed by atoms with Crippen LogP contribution >= 0.6 is 15.9 Å². The summed E-state index contributed by atoms with van der Waals surface area (Å²) in [7, 11) is 0. The normalized spacial score (nSPS) is 12.1. The monoisotopic (exact) mass is 354 g/mol. The van der Waals surface area contributed by atoms with Gasteiger partial charge < -0.3 is 5.11 Å². The molecule has 0 bridgehead atoms. The number of rotatable bonds is 5. The lowest BCUT2D eigenvalue weighted by Gasteiger charge is -2.14. The van der Waals surface area contributed by atoms with Gasteiger partial charge in [-0.3, -0.25) is 4.79 Å². The number of carboxylic acids is 1. The van der Waals surface area contributed by atoms with Gasteiger partial charge >= 0.3 is 5.97 Å². The summed E-state index contributed by atoms with van der Waals surface area (Å²) in [5, 5.41) is 9.32. The quantitative estimate of drug-likeness (QED) is 0.872. The number of halogens is 3. The molecule has 0 saturated heterocycles. The summed E-state index contributed by atoms with van der Waals surface area (Å²) < 4.78 is 27.2. The summed E-state index contributed by atoms with van der Waals surface area (Å²) in [5.74, 6) is -2.59. The topological polar surface area (TPSA) is 37.3 Å². The second kappa shape index (κ2) is 6.80. The average Bonchev–Trinajstić information content (AvgIpc) is 2.42. The van der Waals surface area contributed by atoms with Gasteiger partial charge in [-0.05, 0) is 42.2 Å². The fourth-order valence-corrected chi connectivity index (χ4v) is 2.64. The van der Waals surface area contributed by atoms with Crippen molar-refractivity contribution >= 4 is 21.9 Å². The smallest absolute Gasteiger partial charge is 0.307 e. The third-order valence-corrected chi connectivity index (χ3v) is 3.99. The molecular formula is C16H13BrF2O2. The van der Waals surface area contributed by atoms with Gasteiger partial charge in [-0.1, -0.05) is 40.2 Å². The Hall–Kier alpha value is -1.75.